The van der Waals surface area contributed by atoms with Crippen molar-refractivity contribution in [1.29, 1.82) is 0 Å². The molecule has 2 atom stereocenters. The predicted octanol–water partition coefficient (Wildman–Crippen LogP) is 6.33. The Morgan fingerprint density at radius 3 is 0.939 bits per heavy atom. The minimum Gasteiger partial charge on any atom is -0.206 e. The van der Waals surface area contributed by atoms with Gasteiger partial charge in [0.25, 0.3) is 40.1 Å². The van der Waals surface area contributed by atoms with Crippen LogP contribution in [0.3, 0.4) is 0 Å². The quantitative estimate of drug-likeness (QED) is 0.146. The molecule has 0 spiro atoms. The normalized spacial score (nSPS) is 14.2. The molecule has 0 fully saturated rings. The topological polar surface area (TPSA) is 143 Å². The first-order valence-electron chi connectivity index (χ1n) is 15.7. The number of hydrogen-bond donors (Lipinski definition) is 0. The van der Waals surface area contributed by atoms with Crippen molar-refractivity contribution in [1.82, 2.24) is 7.42 Å². The zero-order valence-corrected chi connectivity index (χ0v) is 31.6. The summed E-state index contributed by atoms with van der Waals surface area (Å²) in [6, 6.07) is 18.8. The largest absolute Gasteiger partial charge is 0.256 e. The Morgan fingerprint density at radius 2 is 0.694 bits per heavy atom. The lowest BCUT2D eigenvalue weighted by atomic mass is 10.1. The summed E-state index contributed by atoms with van der Waals surface area (Å²) in [5.74, 6) is 0. The van der Waals surface area contributed by atoms with E-state index in [9.17, 15) is 33.7 Å². The Kier molecular flexibility index (Phi) is 11.6. The van der Waals surface area contributed by atoms with Gasteiger partial charge in [-0.1, -0.05) is 98.0 Å². The second-order valence-corrected chi connectivity index (χ2v) is 19.9. The molecule has 0 aliphatic carbocycles. The van der Waals surface area contributed by atoms with E-state index in [4.69, 9.17) is 0 Å². The first-order chi connectivity index (χ1) is 22.8. The van der Waals surface area contributed by atoms with E-state index in [2.05, 4.69) is 0 Å². The highest BCUT2D eigenvalue weighted by Crippen LogP contribution is 2.36. The van der Waals surface area contributed by atoms with Gasteiger partial charge in [0.1, 0.15) is 0 Å². The van der Waals surface area contributed by atoms with Crippen LogP contribution in [0.1, 0.15) is 55.4 Å². The van der Waals surface area contributed by atoms with Gasteiger partial charge in [0, 0.05) is 0 Å². The van der Waals surface area contributed by atoms with Crippen LogP contribution in [0, 0.1) is 27.7 Å². The number of hydrogen-bond acceptors (Lipinski definition) is 8. The summed E-state index contributed by atoms with van der Waals surface area (Å²) in [7, 11) is -19.8. The summed E-state index contributed by atoms with van der Waals surface area (Å²) in [5, 5.41) is 0. The van der Waals surface area contributed by atoms with Crippen LogP contribution in [0.15, 0.2) is 117 Å². The molecule has 4 rings (SSSR count). The highest BCUT2D eigenvalue weighted by atomic mass is 32.3. The molecule has 0 saturated carbocycles. The van der Waals surface area contributed by atoms with Crippen molar-refractivity contribution in [2.45, 2.75) is 92.5 Å². The molecule has 0 radical (unpaired) electrons. The smallest absolute Gasteiger partial charge is 0.206 e. The summed E-state index contributed by atoms with van der Waals surface area (Å²) in [6.45, 7) is 10.0. The Hall–Kier alpha value is -3.40. The first-order valence-corrected chi connectivity index (χ1v) is 21.5. The van der Waals surface area contributed by atoms with Crippen molar-refractivity contribution in [3.05, 3.63) is 119 Å². The molecule has 0 aromatic heterocycles. The number of sulfonamides is 4. The van der Waals surface area contributed by atoms with E-state index in [1.165, 1.54) is 104 Å². The molecular formula is C35H42N2O8S4. The molecule has 0 saturated heterocycles. The zero-order chi connectivity index (χ0) is 36.4. The summed E-state index contributed by atoms with van der Waals surface area (Å²) in [6.07, 6.45) is 0.542. The number of aryl methyl sites for hydroxylation is 4. The van der Waals surface area contributed by atoms with E-state index in [-0.39, 0.29) is 36.1 Å². The molecule has 0 aliphatic rings. The number of unbranched alkanes of at least 4 members (excludes halogenated alkanes) is 1. The highest BCUT2D eigenvalue weighted by Gasteiger charge is 2.50. The van der Waals surface area contributed by atoms with Crippen LogP contribution >= 0.6 is 0 Å². The molecule has 0 unspecified atom stereocenters. The van der Waals surface area contributed by atoms with Crippen LogP contribution in [0.4, 0.5) is 0 Å². The van der Waals surface area contributed by atoms with Crippen LogP contribution in [0.5, 0.6) is 0 Å². The van der Waals surface area contributed by atoms with Gasteiger partial charge in [0.05, 0.1) is 31.7 Å². The maximum atomic E-state index is 14.6. The van der Waals surface area contributed by atoms with Crippen molar-refractivity contribution in [3.63, 3.8) is 0 Å². The lowest BCUT2D eigenvalue weighted by molar-refractivity contribution is 0.289. The Bertz CT molecular complexity index is 2050. The lowest BCUT2D eigenvalue weighted by Crippen LogP contribution is -2.57. The monoisotopic (exact) mass is 746 g/mol. The molecule has 4 aromatic carbocycles. The number of rotatable bonds is 14. The van der Waals surface area contributed by atoms with Crippen LogP contribution in [-0.4, -0.2) is 53.2 Å². The van der Waals surface area contributed by atoms with Gasteiger partial charge >= 0.3 is 0 Å². The Balaban J connectivity index is 2.07. The van der Waals surface area contributed by atoms with E-state index in [1.807, 2.05) is 0 Å². The molecule has 0 aliphatic heterocycles. The third-order valence-electron chi connectivity index (χ3n) is 8.24. The van der Waals surface area contributed by atoms with E-state index >= 15 is 0 Å². The van der Waals surface area contributed by atoms with E-state index < -0.39 is 52.2 Å². The average Bonchev–Trinajstić information content (AvgIpc) is 3.03. The Labute approximate surface area is 291 Å². The molecule has 49 heavy (non-hydrogen) atoms. The summed E-state index contributed by atoms with van der Waals surface area (Å²) in [5.41, 5.74) is 2.89. The first kappa shape index (κ1) is 38.4. The van der Waals surface area contributed by atoms with Crippen LogP contribution in [0.2, 0.25) is 0 Å². The predicted molar refractivity (Wildman–Crippen MR) is 190 cm³/mol. The van der Waals surface area contributed by atoms with Gasteiger partial charge in [-0.2, -0.15) is 0 Å². The average molecular weight is 747 g/mol. The zero-order valence-electron chi connectivity index (χ0n) is 28.3. The van der Waals surface area contributed by atoms with Gasteiger partial charge in [0.15, 0.2) is 0 Å². The van der Waals surface area contributed by atoms with E-state index in [0.717, 1.165) is 22.3 Å². The maximum Gasteiger partial charge on any atom is 0.256 e. The molecule has 0 bridgehead atoms. The van der Waals surface area contributed by atoms with Crippen LogP contribution in [-0.2, 0) is 40.1 Å². The third kappa shape index (κ3) is 8.00. The fourth-order valence-electron chi connectivity index (χ4n) is 5.39. The van der Waals surface area contributed by atoms with Gasteiger partial charge < -0.3 is 0 Å². The van der Waals surface area contributed by atoms with Gasteiger partial charge in [-0.05, 0) is 89.6 Å². The fourth-order valence-corrected chi connectivity index (χ4v) is 13.7. The molecule has 264 valence electrons. The Morgan fingerprint density at radius 1 is 0.449 bits per heavy atom. The molecule has 0 amide bonds. The van der Waals surface area contributed by atoms with E-state index in [0.29, 0.717) is 10.1 Å². The highest BCUT2D eigenvalue weighted by molar-refractivity contribution is 8.04. The van der Waals surface area contributed by atoms with Crippen molar-refractivity contribution in [2.24, 2.45) is 0 Å². The standard InChI is InChI=1S/C35H42N2O8S4/c1-7-8-9-35(37(48(42,43)33-22-14-28(4)15-23-33)49(44,45)34-24-16-29(5)17-25-34)30(6)36(46(38,39)31-18-10-26(2)11-19-31)47(40,41)32-20-12-27(3)13-21-32/h10-25,30,35H,7-9H2,1-6H3/t30-,35+/m0/s1. The SMILES string of the molecule is CCCC[C@H]([C@H](C)N(S(=O)(=O)c1ccc(C)cc1)S(=O)(=O)c1ccc(C)cc1)N(S(=O)(=O)c1ccc(C)cc1)S(=O)(=O)c1ccc(C)cc1. The van der Waals surface area contributed by atoms with Gasteiger partial charge in [-0.25, -0.2) is 33.7 Å². The fraction of sp³-hybridized carbons (Fsp3) is 0.314. The summed E-state index contributed by atoms with van der Waals surface area (Å²) >= 11 is 0. The summed E-state index contributed by atoms with van der Waals surface area (Å²) in [4.78, 5) is -1.41. The minimum atomic E-state index is -4.94. The number of nitrogens with zero attached hydrogens (tertiary/aromatic N) is 2. The molecule has 0 heterocycles. The van der Waals surface area contributed by atoms with Crippen molar-refractivity contribution < 1.29 is 33.7 Å². The minimum absolute atomic E-state index is 0.183. The second kappa shape index (κ2) is 14.8. The van der Waals surface area contributed by atoms with Crippen LogP contribution < -0.4 is 0 Å². The molecule has 14 heteroatoms. The third-order valence-corrected chi connectivity index (χ3v) is 17.2. The number of benzene rings is 4. The van der Waals surface area contributed by atoms with Gasteiger partial charge in [-0.15, -0.1) is 0 Å². The van der Waals surface area contributed by atoms with Crippen molar-refractivity contribution >= 4 is 40.1 Å². The molecule has 0 N–H and O–H groups in total. The van der Waals surface area contributed by atoms with Crippen molar-refractivity contribution in [3.8, 4) is 0 Å². The van der Waals surface area contributed by atoms with Crippen molar-refractivity contribution in [2.75, 3.05) is 0 Å². The summed E-state index contributed by atoms with van der Waals surface area (Å²) < 4.78 is 117. The maximum absolute atomic E-state index is 14.6. The van der Waals surface area contributed by atoms with E-state index in [1.54, 1.807) is 34.6 Å². The van der Waals surface area contributed by atoms with Crippen LogP contribution in [0.25, 0.3) is 0 Å². The second-order valence-electron chi connectivity index (χ2n) is 12.2. The molecular weight excluding hydrogens is 705 g/mol. The lowest BCUT2D eigenvalue weighted by Gasteiger charge is -2.38. The molecule has 4 aromatic rings. The molecule has 10 nitrogen and oxygen atoms in total. The van der Waals surface area contributed by atoms with Gasteiger partial charge in [0.2, 0.25) is 0 Å². The van der Waals surface area contributed by atoms with Gasteiger partial charge in [-0.3, -0.25) is 0 Å².